The van der Waals surface area contributed by atoms with E-state index in [1.807, 2.05) is 25.1 Å². The molecule has 0 atom stereocenters. The van der Waals surface area contributed by atoms with Crippen molar-refractivity contribution < 1.29 is 14.3 Å². The third-order valence-corrected chi connectivity index (χ3v) is 4.50. The molecule has 1 heterocycles. The Bertz CT molecular complexity index is 1010. The minimum atomic E-state index is -0.392. The van der Waals surface area contributed by atoms with Crippen molar-refractivity contribution in [2.45, 2.75) is 6.92 Å². The number of rotatable bonds is 6. The summed E-state index contributed by atoms with van der Waals surface area (Å²) in [6, 6.07) is 12.2. The number of hydrogen-bond donors (Lipinski definition) is 2. The summed E-state index contributed by atoms with van der Waals surface area (Å²) in [6.45, 7) is 1.90. The molecule has 8 heteroatoms. The lowest BCUT2D eigenvalue weighted by Crippen LogP contribution is -2.15. The molecule has 0 saturated heterocycles. The molecule has 3 rings (SSSR count). The van der Waals surface area contributed by atoms with Crippen LogP contribution in [0.3, 0.4) is 0 Å². The Morgan fingerprint density at radius 2 is 1.86 bits per heavy atom. The van der Waals surface area contributed by atoms with E-state index in [0.29, 0.717) is 28.0 Å². The van der Waals surface area contributed by atoms with Gasteiger partial charge in [-0.05, 0) is 36.8 Å². The molecule has 0 aliphatic heterocycles. The van der Waals surface area contributed by atoms with Crippen molar-refractivity contribution in [3.05, 3.63) is 65.1 Å². The highest BCUT2D eigenvalue weighted by atomic mass is 35.5. The second-order valence-corrected chi connectivity index (χ2v) is 6.25. The summed E-state index contributed by atoms with van der Waals surface area (Å²) in [5.74, 6) is 1.19. The molecule has 3 aromatic rings. The van der Waals surface area contributed by atoms with Gasteiger partial charge in [-0.15, -0.1) is 0 Å². The standard InChI is InChI=1S/C20H19ClN4O3/c1-12-14(21)5-4-6-15(12)24-19-10-17(22-11-23-19)20(26)25-16-8-7-13(27-2)9-18(16)28-3/h4-11H,1-3H3,(H,25,26)(H,22,23,24). The monoisotopic (exact) mass is 398 g/mol. The van der Waals surface area contributed by atoms with Crippen LogP contribution in [0.4, 0.5) is 17.2 Å². The molecule has 1 amide bonds. The first-order chi connectivity index (χ1) is 13.5. The number of amides is 1. The van der Waals surface area contributed by atoms with Crippen molar-refractivity contribution in [3.63, 3.8) is 0 Å². The molecular formula is C20H19ClN4O3. The zero-order chi connectivity index (χ0) is 20.1. The molecule has 0 radical (unpaired) electrons. The van der Waals surface area contributed by atoms with Crippen LogP contribution in [-0.4, -0.2) is 30.1 Å². The predicted octanol–water partition coefficient (Wildman–Crippen LogP) is 4.45. The first-order valence-corrected chi connectivity index (χ1v) is 8.77. The third kappa shape index (κ3) is 4.32. The van der Waals surface area contributed by atoms with E-state index >= 15 is 0 Å². The van der Waals surface area contributed by atoms with E-state index in [9.17, 15) is 4.79 Å². The molecule has 0 aliphatic carbocycles. The number of carbonyl (C=O) groups excluding carboxylic acids is 1. The van der Waals surface area contributed by atoms with Crippen LogP contribution >= 0.6 is 11.6 Å². The quantitative estimate of drug-likeness (QED) is 0.638. The molecule has 7 nitrogen and oxygen atoms in total. The lowest BCUT2D eigenvalue weighted by molar-refractivity contribution is 0.102. The Morgan fingerprint density at radius 3 is 2.61 bits per heavy atom. The molecule has 0 spiro atoms. The van der Waals surface area contributed by atoms with E-state index in [2.05, 4.69) is 20.6 Å². The summed E-state index contributed by atoms with van der Waals surface area (Å²) < 4.78 is 10.5. The first kappa shape index (κ1) is 19.4. The number of anilines is 3. The third-order valence-electron chi connectivity index (χ3n) is 4.09. The Kier molecular flexibility index (Phi) is 5.96. The number of benzene rings is 2. The van der Waals surface area contributed by atoms with Crippen molar-refractivity contribution >= 4 is 34.7 Å². The van der Waals surface area contributed by atoms with E-state index in [4.69, 9.17) is 21.1 Å². The van der Waals surface area contributed by atoms with Gasteiger partial charge in [-0.2, -0.15) is 0 Å². The van der Waals surface area contributed by atoms with Gasteiger partial charge in [0.25, 0.3) is 5.91 Å². The molecule has 2 aromatic carbocycles. The molecule has 28 heavy (non-hydrogen) atoms. The summed E-state index contributed by atoms with van der Waals surface area (Å²) in [5, 5.41) is 6.58. The van der Waals surface area contributed by atoms with Crippen LogP contribution in [0.1, 0.15) is 16.1 Å². The molecule has 0 unspecified atom stereocenters. The SMILES string of the molecule is COc1ccc(NC(=O)c2cc(Nc3cccc(Cl)c3C)ncn2)c(OC)c1. The molecule has 0 bridgehead atoms. The normalized spacial score (nSPS) is 10.3. The van der Waals surface area contributed by atoms with E-state index in [-0.39, 0.29) is 5.69 Å². The zero-order valence-corrected chi connectivity index (χ0v) is 16.4. The summed E-state index contributed by atoms with van der Waals surface area (Å²) in [4.78, 5) is 20.8. The lowest BCUT2D eigenvalue weighted by Gasteiger charge is -2.12. The highest BCUT2D eigenvalue weighted by molar-refractivity contribution is 6.31. The van der Waals surface area contributed by atoms with Crippen LogP contribution in [0.2, 0.25) is 5.02 Å². The van der Waals surface area contributed by atoms with Gasteiger partial charge in [0.05, 0.1) is 19.9 Å². The van der Waals surface area contributed by atoms with Gasteiger partial charge in [-0.3, -0.25) is 4.79 Å². The van der Waals surface area contributed by atoms with E-state index in [0.717, 1.165) is 11.3 Å². The number of halogens is 1. The van der Waals surface area contributed by atoms with Gasteiger partial charge >= 0.3 is 0 Å². The summed E-state index contributed by atoms with van der Waals surface area (Å²) in [7, 11) is 3.08. The minimum absolute atomic E-state index is 0.204. The molecule has 144 valence electrons. The van der Waals surface area contributed by atoms with Crippen molar-refractivity contribution in [2.75, 3.05) is 24.9 Å². The minimum Gasteiger partial charge on any atom is -0.497 e. The number of nitrogens with zero attached hydrogens (tertiary/aromatic N) is 2. The van der Waals surface area contributed by atoms with Crippen LogP contribution in [-0.2, 0) is 0 Å². The fraction of sp³-hybridized carbons (Fsp3) is 0.150. The van der Waals surface area contributed by atoms with Gasteiger partial charge in [0.2, 0.25) is 0 Å². The summed E-state index contributed by atoms with van der Waals surface area (Å²) >= 11 is 6.14. The van der Waals surface area contributed by atoms with Crippen LogP contribution in [0.15, 0.2) is 48.8 Å². The van der Waals surface area contributed by atoms with E-state index in [1.165, 1.54) is 13.4 Å². The summed E-state index contributed by atoms with van der Waals surface area (Å²) in [6.07, 6.45) is 1.32. The Morgan fingerprint density at radius 1 is 1.04 bits per heavy atom. The Balaban J connectivity index is 1.80. The Labute approximate surface area is 167 Å². The average molecular weight is 399 g/mol. The maximum absolute atomic E-state index is 12.6. The number of methoxy groups -OCH3 is 2. The molecule has 0 saturated carbocycles. The van der Waals surface area contributed by atoms with Crippen LogP contribution in [0, 0.1) is 6.92 Å². The average Bonchev–Trinajstić information content (AvgIpc) is 2.72. The predicted molar refractivity (Wildman–Crippen MR) is 109 cm³/mol. The van der Waals surface area contributed by atoms with Crippen molar-refractivity contribution in [1.29, 1.82) is 0 Å². The fourth-order valence-electron chi connectivity index (χ4n) is 2.52. The number of aromatic nitrogens is 2. The van der Waals surface area contributed by atoms with Gasteiger partial charge in [-0.25, -0.2) is 9.97 Å². The lowest BCUT2D eigenvalue weighted by atomic mass is 10.2. The van der Waals surface area contributed by atoms with Crippen molar-refractivity contribution in [3.8, 4) is 11.5 Å². The van der Waals surface area contributed by atoms with Crippen LogP contribution in [0.25, 0.3) is 0 Å². The summed E-state index contributed by atoms with van der Waals surface area (Å²) in [5.41, 5.74) is 2.40. The van der Waals surface area contributed by atoms with Gasteiger partial charge < -0.3 is 20.1 Å². The number of carbonyl (C=O) groups is 1. The number of hydrogen-bond acceptors (Lipinski definition) is 6. The van der Waals surface area contributed by atoms with Crippen LogP contribution < -0.4 is 20.1 Å². The topological polar surface area (TPSA) is 85.4 Å². The van der Waals surface area contributed by atoms with Gasteiger partial charge in [0.1, 0.15) is 29.3 Å². The molecule has 0 aliphatic rings. The Hall–Kier alpha value is -3.32. The maximum Gasteiger partial charge on any atom is 0.274 e. The second kappa shape index (κ2) is 8.58. The highest BCUT2D eigenvalue weighted by Crippen LogP contribution is 2.29. The molecule has 2 N–H and O–H groups in total. The molecule has 0 fully saturated rings. The number of ether oxygens (including phenoxy) is 2. The van der Waals surface area contributed by atoms with Crippen molar-refractivity contribution in [2.24, 2.45) is 0 Å². The highest BCUT2D eigenvalue weighted by Gasteiger charge is 2.13. The number of nitrogens with one attached hydrogen (secondary N) is 2. The van der Waals surface area contributed by atoms with E-state index < -0.39 is 5.91 Å². The first-order valence-electron chi connectivity index (χ1n) is 8.39. The smallest absolute Gasteiger partial charge is 0.274 e. The second-order valence-electron chi connectivity index (χ2n) is 5.85. The molecule has 1 aromatic heterocycles. The van der Waals surface area contributed by atoms with E-state index in [1.54, 1.807) is 31.4 Å². The largest absolute Gasteiger partial charge is 0.497 e. The fourth-order valence-corrected chi connectivity index (χ4v) is 2.69. The van der Waals surface area contributed by atoms with Gasteiger partial charge in [-0.1, -0.05) is 17.7 Å². The maximum atomic E-state index is 12.6. The van der Waals surface area contributed by atoms with Gasteiger partial charge in [0, 0.05) is 22.8 Å². The zero-order valence-electron chi connectivity index (χ0n) is 15.6. The van der Waals surface area contributed by atoms with Crippen molar-refractivity contribution in [1.82, 2.24) is 9.97 Å². The molecular weight excluding hydrogens is 380 g/mol. The van der Waals surface area contributed by atoms with Crippen LogP contribution in [0.5, 0.6) is 11.5 Å². The van der Waals surface area contributed by atoms with Gasteiger partial charge in [0.15, 0.2) is 0 Å².